The van der Waals surface area contributed by atoms with Crippen molar-refractivity contribution in [2.24, 2.45) is 0 Å². The van der Waals surface area contributed by atoms with Crippen molar-refractivity contribution < 1.29 is 17.9 Å². The van der Waals surface area contributed by atoms with Gasteiger partial charge in [-0.05, 0) is 49.0 Å². The molecule has 1 aromatic heterocycles. The molecule has 2 aromatic carbocycles. The average molecular weight is 438 g/mol. The maximum absolute atomic E-state index is 12.4. The molecule has 0 spiro atoms. The molecule has 160 valence electrons. The summed E-state index contributed by atoms with van der Waals surface area (Å²) in [7, 11) is 0. The van der Waals surface area contributed by atoms with Crippen LogP contribution >= 0.6 is 11.6 Å². The third-order valence-corrected chi connectivity index (χ3v) is 5.09. The van der Waals surface area contributed by atoms with E-state index in [1.807, 2.05) is 6.07 Å². The molecule has 0 fully saturated rings. The number of likely N-dealkylation sites (N-methyl/N-ethyl adjacent to an activating group) is 1. The zero-order valence-corrected chi connectivity index (χ0v) is 17.5. The Morgan fingerprint density at radius 3 is 2.40 bits per heavy atom. The van der Waals surface area contributed by atoms with Gasteiger partial charge in [0, 0.05) is 35.3 Å². The normalized spacial score (nSPS) is 11.8. The molecule has 0 unspecified atom stereocenters. The summed E-state index contributed by atoms with van der Waals surface area (Å²) in [5.74, 6) is -0.261. The Balaban J connectivity index is 1.95. The smallest absolute Gasteiger partial charge is 0.406 e. The fourth-order valence-corrected chi connectivity index (χ4v) is 3.46. The van der Waals surface area contributed by atoms with E-state index in [9.17, 15) is 13.2 Å². The molecule has 0 bridgehead atoms. The Bertz CT molecular complexity index is 989. The van der Waals surface area contributed by atoms with Gasteiger partial charge >= 0.3 is 6.36 Å². The van der Waals surface area contributed by atoms with Crippen LogP contribution in [0.5, 0.6) is 5.75 Å². The van der Waals surface area contributed by atoms with Gasteiger partial charge in [0.15, 0.2) is 0 Å². The number of anilines is 1. The second-order valence-electron chi connectivity index (χ2n) is 6.73. The van der Waals surface area contributed by atoms with Gasteiger partial charge in [0.1, 0.15) is 5.75 Å². The number of rotatable bonds is 8. The van der Waals surface area contributed by atoms with Crippen LogP contribution in [0.3, 0.4) is 0 Å². The lowest BCUT2D eigenvalue weighted by Gasteiger charge is -2.20. The molecule has 0 aliphatic rings. The topological polar surface area (TPSA) is 37.4 Å². The van der Waals surface area contributed by atoms with Crippen LogP contribution in [-0.2, 0) is 0 Å². The lowest BCUT2D eigenvalue weighted by molar-refractivity contribution is -0.274. The molecular weight excluding hydrogens is 415 g/mol. The van der Waals surface area contributed by atoms with Crippen molar-refractivity contribution >= 4 is 28.2 Å². The molecule has 8 heteroatoms. The molecule has 0 radical (unpaired) electrons. The zero-order valence-electron chi connectivity index (χ0n) is 16.8. The third-order valence-electron chi connectivity index (χ3n) is 4.85. The molecule has 0 aliphatic heterocycles. The van der Waals surface area contributed by atoms with Crippen molar-refractivity contribution in [1.29, 1.82) is 0 Å². The fraction of sp³-hybridized carbons (Fsp3) is 0.318. The predicted octanol–water partition coefficient (Wildman–Crippen LogP) is 6.21. The molecule has 1 N–H and O–H groups in total. The molecule has 0 saturated heterocycles. The third kappa shape index (κ3) is 5.55. The van der Waals surface area contributed by atoms with Crippen LogP contribution in [0.2, 0.25) is 5.02 Å². The number of nitrogens with zero attached hydrogens (tertiary/aromatic N) is 2. The first-order valence-electron chi connectivity index (χ1n) is 9.71. The summed E-state index contributed by atoms with van der Waals surface area (Å²) in [6.45, 7) is 7.72. The summed E-state index contributed by atoms with van der Waals surface area (Å²) in [5.41, 5.74) is 3.14. The van der Waals surface area contributed by atoms with Crippen LogP contribution in [0.15, 0.2) is 48.7 Å². The molecule has 3 rings (SSSR count). The van der Waals surface area contributed by atoms with E-state index in [4.69, 9.17) is 11.6 Å². The van der Waals surface area contributed by atoms with Crippen LogP contribution in [0.4, 0.5) is 18.9 Å². The van der Waals surface area contributed by atoms with E-state index >= 15 is 0 Å². The molecule has 4 nitrogen and oxygen atoms in total. The van der Waals surface area contributed by atoms with Crippen LogP contribution < -0.4 is 10.1 Å². The first-order chi connectivity index (χ1) is 14.3. The standard InChI is InChI=1S/C22H23ClF3N3O/c1-3-29(4-2)12-11-27-21-18-10-7-16(23)13-20(18)28-14-19(21)15-5-8-17(9-6-15)30-22(24,25)26/h5-10,13-14H,3-4,11-12H2,1-2H3,(H,27,28). The maximum Gasteiger partial charge on any atom is 0.573 e. The Morgan fingerprint density at radius 1 is 1.07 bits per heavy atom. The van der Waals surface area contributed by atoms with Crippen molar-refractivity contribution in [2.45, 2.75) is 20.2 Å². The minimum absolute atomic E-state index is 0.261. The van der Waals surface area contributed by atoms with Crippen LogP contribution in [-0.4, -0.2) is 42.4 Å². The first kappa shape index (κ1) is 22.2. The summed E-state index contributed by atoms with van der Waals surface area (Å²) >= 11 is 6.11. The predicted molar refractivity (Wildman–Crippen MR) is 115 cm³/mol. The molecular formula is C22H23ClF3N3O. The number of halogens is 4. The fourth-order valence-electron chi connectivity index (χ4n) is 3.29. The Labute approximate surface area is 178 Å². The van der Waals surface area contributed by atoms with E-state index in [1.54, 1.807) is 30.5 Å². The number of hydrogen-bond acceptors (Lipinski definition) is 4. The van der Waals surface area contributed by atoms with Crippen molar-refractivity contribution in [2.75, 3.05) is 31.5 Å². The molecule has 0 saturated carbocycles. The van der Waals surface area contributed by atoms with Gasteiger partial charge in [0.25, 0.3) is 0 Å². The Hall–Kier alpha value is -2.51. The quantitative estimate of drug-likeness (QED) is 0.454. The molecule has 0 aliphatic carbocycles. The second kappa shape index (κ2) is 9.53. The number of alkyl halides is 3. The van der Waals surface area contributed by atoms with Crippen LogP contribution in [0, 0.1) is 0 Å². The van der Waals surface area contributed by atoms with Gasteiger partial charge in [-0.15, -0.1) is 13.2 Å². The van der Waals surface area contributed by atoms with Gasteiger partial charge in [-0.25, -0.2) is 0 Å². The highest BCUT2D eigenvalue weighted by atomic mass is 35.5. The molecule has 0 atom stereocenters. The minimum atomic E-state index is -4.72. The van der Waals surface area contributed by atoms with Gasteiger partial charge in [-0.2, -0.15) is 0 Å². The van der Waals surface area contributed by atoms with Crippen LogP contribution in [0.1, 0.15) is 13.8 Å². The lowest BCUT2D eigenvalue weighted by Crippen LogP contribution is -2.28. The number of ether oxygens (including phenoxy) is 1. The summed E-state index contributed by atoms with van der Waals surface area (Å²) in [6.07, 6.45) is -3.01. The van der Waals surface area contributed by atoms with Gasteiger partial charge in [0.2, 0.25) is 0 Å². The van der Waals surface area contributed by atoms with E-state index in [1.165, 1.54) is 12.1 Å². The number of aromatic nitrogens is 1. The first-order valence-corrected chi connectivity index (χ1v) is 10.1. The van der Waals surface area contributed by atoms with Gasteiger partial charge in [-0.1, -0.05) is 37.6 Å². The zero-order chi connectivity index (χ0) is 21.7. The monoisotopic (exact) mass is 437 g/mol. The maximum atomic E-state index is 12.4. The number of fused-ring (bicyclic) bond motifs is 1. The second-order valence-corrected chi connectivity index (χ2v) is 7.17. The highest BCUT2D eigenvalue weighted by Crippen LogP contribution is 2.35. The van der Waals surface area contributed by atoms with E-state index < -0.39 is 6.36 Å². The van der Waals surface area contributed by atoms with E-state index in [-0.39, 0.29) is 5.75 Å². The van der Waals surface area contributed by atoms with Crippen molar-refractivity contribution in [3.8, 4) is 16.9 Å². The van der Waals surface area contributed by atoms with Crippen LogP contribution in [0.25, 0.3) is 22.0 Å². The SMILES string of the molecule is CCN(CC)CCNc1c(-c2ccc(OC(F)(F)F)cc2)cnc2cc(Cl)ccc12. The van der Waals surface area contributed by atoms with E-state index in [0.29, 0.717) is 11.6 Å². The van der Waals surface area contributed by atoms with E-state index in [2.05, 4.69) is 33.8 Å². The minimum Gasteiger partial charge on any atom is -0.406 e. The molecule has 30 heavy (non-hydrogen) atoms. The Kier molecular flexibility index (Phi) is 7.05. The van der Waals surface area contributed by atoms with Gasteiger partial charge in [-0.3, -0.25) is 4.98 Å². The lowest BCUT2D eigenvalue weighted by atomic mass is 10.0. The van der Waals surface area contributed by atoms with Crippen molar-refractivity contribution in [3.05, 3.63) is 53.7 Å². The molecule has 3 aromatic rings. The summed E-state index contributed by atoms with van der Waals surface area (Å²) < 4.78 is 41.3. The highest BCUT2D eigenvalue weighted by molar-refractivity contribution is 6.31. The summed E-state index contributed by atoms with van der Waals surface area (Å²) in [4.78, 5) is 6.79. The van der Waals surface area contributed by atoms with Crippen molar-refractivity contribution in [3.63, 3.8) is 0 Å². The number of hydrogen-bond donors (Lipinski definition) is 1. The summed E-state index contributed by atoms with van der Waals surface area (Å²) in [6, 6.07) is 11.3. The highest BCUT2D eigenvalue weighted by Gasteiger charge is 2.31. The van der Waals surface area contributed by atoms with Gasteiger partial charge in [0.05, 0.1) is 11.2 Å². The molecule has 0 amide bonds. The Morgan fingerprint density at radius 2 is 1.77 bits per heavy atom. The largest absolute Gasteiger partial charge is 0.573 e. The van der Waals surface area contributed by atoms with Crippen molar-refractivity contribution in [1.82, 2.24) is 9.88 Å². The van der Waals surface area contributed by atoms with E-state index in [0.717, 1.165) is 47.4 Å². The van der Waals surface area contributed by atoms with Gasteiger partial charge < -0.3 is 15.0 Å². The number of benzene rings is 2. The summed E-state index contributed by atoms with van der Waals surface area (Å²) in [5, 5.41) is 4.97. The number of nitrogens with one attached hydrogen (secondary N) is 1. The molecule has 1 heterocycles. The number of pyridine rings is 1. The average Bonchev–Trinajstić information content (AvgIpc) is 2.70.